The van der Waals surface area contributed by atoms with Gasteiger partial charge in [-0.25, -0.2) is 28.7 Å². The zero-order valence-electron chi connectivity index (χ0n) is 17.2. The number of pyridine rings is 1. The molecule has 33 heavy (non-hydrogen) atoms. The number of nitrogens with one attached hydrogen (secondary N) is 1. The molecule has 1 aromatic carbocycles. The number of aromatic nitrogens is 3. The van der Waals surface area contributed by atoms with E-state index in [0.29, 0.717) is 11.0 Å². The number of halogens is 5. The lowest BCUT2D eigenvalue weighted by Gasteiger charge is -2.36. The number of nitrogens with two attached hydrogens (primary N) is 1. The van der Waals surface area contributed by atoms with E-state index in [-0.39, 0.29) is 17.4 Å². The number of hydrogen-bond acceptors (Lipinski definition) is 8. The van der Waals surface area contributed by atoms with Crippen molar-refractivity contribution < 1.29 is 31.4 Å². The fourth-order valence-electron chi connectivity index (χ4n) is 3.52. The van der Waals surface area contributed by atoms with E-state index >= 15 is 0 Å². The summed E-state index contributed by atoms with van der Waals surface area (Å²) in [5, 5.41) is 2.81. The van der Waals surface area contributed by atoms with Gasteiger partial charge in [-0.2, -0.15) is 13.2 Å². The molecule has 13 heteroatoms. The minimum Gasteiger partial charge on any atom is -0.480 e. The molecule has 0 fully saturated rings. The van der Waals surface area contributed by atoms with Crippen LogP contribution in [0.4, 0.5) is 33.5 Å². The maximum absolute atomic E-state index is 14.8. The van der Waals surface area contributed by atoms with Crippen LogP contribution >= 0.6 is 0 Å². The highest BCUT2D eigenvalue weighted by Crippen LogP contribution is 2.42. The third kappa shape index (κ3) is 4.30. The Morgan fingerprint density at radius 2 is 2.00 bits per heavy atom. The van der Waals surface area contributed by atoms with Crippen LogP contribution in [0.25, 0.3) is 11.0 Å². The summed E-state index contributed by atoms with van der Waals surface area (Å²) in [5.41, 5.74) is 3.88. The Labute approximate surface area is 183 Å². The molecular weight excluding hydrogens is 451 g/mol. The third-order valence-electron chi connectivity index (χ3n) is 5.09. The van der Waals surface area contributed by atoms with E-state index in [1.54, 1.807) is 6.07 Å². The molecule has 0 radical (unpaired) electrons. The first-order chi connectivity index (χ1) is 15.5. The van der Waals surface area contributed by atoms with Crippen LogP contribution in [-0.2, 0) is 10.3 Å². The summed E-state index contributed by atoms with van der Waals surface area (Å²) in [7, 11) is 1.43. The minimum atomic E-state index is -4.78. The second-order valence-electron chi connectivity index (χ2n) is 7.46. The molecule has 0 saturated carbocycles. The van der Waals surface area contributed by atoms with Crippen LogP contribution in [0.2, 0.25) is 0 Å². The van der Waals surface area contributed by atoms with Crippen molar-refractivity contribution in [1.82, 2.24) is 15.0 Å². The Morgan fingerprint density at radius 1 is 1.24 bits per heavy atom. The van der Waals surface area contributed by atoms with Gasteiger partial charge >= 0.3 is 6.18 Å². The monoisotopic (exact) mass is 468 g/mol. The highest BCUT2D eigenvalue weighted by atomic mass is 19.4. The predicted molar refractivity (Wildman–Crippen MR) is 108 cm³/mol. The SMILES string of the molecule is COc1cnc2c(Nc3cc(F)c(F)c(C4(C)CC(C(F)(F)F)OC(N)=N4)c3)nccc2n1. The third-order valence-corrected chi connectivity index (χ3v) is 5.09. The van der Waals surface area contributed by atoms with Gasteiger partial charge in [0.15, 0.2) is 23.6 Å². The van der Waals surface area contributed by atoms with Crippen molar-refractivity contribution in [2.45, 2.75) is 31.2 Å². The molecule has 174 valence electrons. The van der Waals surface area contributed by atoms with E-state index in [2.05, 4.69) is 30.0 Å². The number of nitrogens with zero attached hydrogens (tertiary/aromatic N) is 4. The molecule has 2 aromatic heterocycles. The van der Waals surface area contributed by atoms with Crippen molar-refractivity contribution in [2.24, 2.45) is 10.7 Å². The highest BCUT2D eigenvalue weighted by molar-refractivity contribution is 5.87. The van der Waals surface area contributed by atoms with Crippen LogP contribution in [0.3, 0.4) is 0 Å². The number of benzene rings is 1. The van der Waals surface area contributed by atoms with E-state index in [9.17, 15) is 22.0 Å². The lowest BCUT2D eigenvalue weighted by molar-refractivity contribution is -0.208. The summed E-state index contributed by atoms with van der Waals surface area (Å²) in [5.74, 6) is -2.23. The molecule has 0 amide bonds. The summed E-state index contributed by atoms with van der Waals surface area (Å²) in [6.45, 7) is 1.22. The zero-order chi connectivity index (χ0) is 24.0. The molecule has 0 saturated heterocycles. The van der Waals surface area contributed by atoms with Gasteiger partial charge in [-0.3, -0.25) is 0 Å². The molecule has 2 unspecified atom stereocenters. The molecule has 0 bridgehead atoms. The molecule has 0 aliphatic carbocycles. The lowest BCUT2D eigenvalue weighted by Crippen LogP contribution is -2.46. The van der Waals surface area contributed by atoms with Crippen LogP contribution in [0.1, 0.15) is 18.9 Å². The average molecular weight is 468 g/mol. The van der Waals surface area contributed by atoms with Crippen molar-refractivity contribution in [3.8, 4) is 5.88 Å². The Hall–Kier alpha value is -3.77. The van der Waals surface area contributed by atoms with E-state index in [1.807, 2.05) is 0 Å². The Morgan fingerprint density at radius 3 is 2.70 bits per heavy atom. The Bertz CT molecular complexity index is 1250. The quantitative estimate of drug-likeness (QED) is 0.559. The second kappa shape index (κ2) is 7.98. The van der Waals surface area contributed by atoms with E-state index in [4.69, 9.17) is 10.5 Å². The number of aliphatic imine (C=N–C) groups is 1. The van der Waals surface area contributed by atoms with E-state index in [1.165, 1.54) is 26.4 Å². The number of rotatable bonds is 4. The highest BCUT2D eigenvalue weighted by Gasteiger charge is 2.50. The van der Waals surface area contributed by atoms with Crippen molar-refractivity contribution in [1.29, 1.82) is 0 Å². The van der Waals surface area contributed by atoms with Gasteiger partial charge in [0.1, 0.15) is 5.52 Å². The Kier molecular flexibility index (Phi) is 5.42. The van der Waals surface area contributed by atoms with Crippen molar-refractivity contribution >= 4 is 28.6 Å². The number of alkyl halides is 3. The fourth-order valence-corrected chi connectivity index (χ4v) is 3.52. The van der Waals surface area contributed by atoms with Gasteiger partial charge in [-0.15, -0.1) is 0 Å². The van der Waals surface area contributed by atoms with Crippen LogP contribution in [-0.4, -0.2) is 40.4 Å². The number of ether oxygens (including phenoxy) is 2. The van der Waals surface area contributed by atoms with Crippen LogP contribution in [0, 0.1) is 11.6 Å². The largest absolute Gasteiger partial charge is 0.480 e. The van der Waals surface area contributed by atoms with Gasteiger partial charge in [0.2, 0.25) is 5.88 Å². The number of hydrogen-bond donors (Lipinski definition) is 2. The van der Waals surface area contributed by atoms with Crippen LogP contribution < -0.4 is 15.8 Å². The van der Waals surface area contributed by atoms with Gasteiger partial charge < -0.3 is 20.5 Å². The predicted octanol–water partition coefficient (Wildman–Crippen LogP) is 3.94. The number of methoxy groups -OCH3 is 1. The maximum Gasteiger partial charge on any atom is 0.425 e. The molecule has 8 nitrogen and oxygen atoms in total. The van der Waals surface area contributed by atoms with Crippen LogP contribution in [0.5, 0.6) is 5.88 Å². The van der Waals surface area contributed by atoms with Crippen molar-refractivity contribution in [2.75, 3.05) is 12.4 Å². The molecule has 3 N–H and O–H groups in total. The molecule has 2 atom stereocenters. The lowest BCUT2D eigenvalue weighted by atomic mass is 9.85. The minimum absolute atomic E-state index is 0.00608. The standard InChI is InChI=1S/C20H17F5N6O2/c1-19(7-13(20(23,24)25)33-18(26)31-19)10-5-9(6-11(21)15(10)22)29-17-16-12(3-4-27-17)30-14(32-2)8-28-16/h3-6,8,13H,7H2,1-2H3,(H2,26,31)(H,27,29). The number of amidine groups is 1. The first-order valence-corrected chi connectivity index (χ1v) is 9.51. The molecule has 1 aliphatic heterocycles. The second-order valence-corrected chi connectivity index (χ2v) is 7.46. The van der Waals surface area contributed by atoms with Gasteiger partial charge in [-0.1, -0.05) is 0 Å². The summed E-state index contributed by atoms with van der Waals surface area (Å²) in [6, 6.07) is 2.78. The fraction of sp³-hybridized carbons (Fsp3) is 0.300. The van der Waals surface area contributed by atoms with Crippen molar-refractivity contribution in [3.63, 3.8) is 0 Å². The van der Waals surface area contributed by atoms with Crippen LogP contribution in [0.15, 0.2) is 35.6 Å². The van der Waals surface area contributed by atoms with E-state index < -0.39 is 47.5 Å². The normalized spacial score (nSPS) is 20.8. The smallest absolute Gasteiger partial charge is 0.425 e. The molecule has 3 heterocycles. The summed E-state index contributed by atoms with van der Waals surface area (Å²) in [6.07, 6.45) is -5.14. The average Bonchev–Trinajstić information content (AvgIpc) is 2.74. The number of anilines is 2. The molecule has 4 rings (SSSR count). The summed E-state index contributed by atoms with van der Waals surface area (Å²) < 4.78 is 78.7. The topological polar surface area (TPSA) is 108 Å². The molecule has 1 aliphatic rings. The summed E-state index contributed by atoms with van der Waals surface area (Å²) in [4.78, 5) is 16.4. The maximum atomic E-state index is 14.8. The van der Waals surface area contributed by atoms with Gasteiger partial charge in [0, 0.05) is 29.9 Å². The van der Waals surface area contributed by atoms with E-state index in [0.717, 1.165) is 12.1 Å². The first-order valence-electron chi connectivity index (χ1n) is 9.51. The molecular formula is C20H17F5N6O2. The van der Waals surface area contributed by atoms with Gasteiger partial charge in [0.25, 0.3) is 6.02 Å². The summed E-state index contributed by atoms with van der Waals surface area (Å²) >= 11 is 0. The Balaban J connectivity index is 1.76. The molecule has 3 aromatic rings. The van der Waals surface area contributed by atoms with Gasteiger partial charge in [-0.05, 0) is 19.1 Å². The molecule has 0 spiro atoms. The van der Waals surface area contributed by atoms with Gasteiger partial charge in [0.05, 0.1) is 24.4 Å². The first kappa shape index (κ1) is 22.4. The van der Waals surface area contributed by atoms with Crippen molar-refractivity contribution in [3.05, 3.63) is 47.8 Å². The number of fused-ring (bicyclic) bond motifs is 1. The zero-order valence-corrected chi connectivity index (χ0v) is 17.2.